The molecule has 0 N–H and O–H groups in total. The second kappa shape index (κ2) is 6.54. The van der Waals surface area contributed by atoms with Gasteiger partial charge in [0, 0.05) is 18.8 Å². The SMILES string of the molecule is Cc1nn(Cc2ccccc2)c(C)c1C(=O)N1CCOC(C)C1. The molecule has 3 rings (SSSR count). The van der Waals surface area contributed by atoms with Crippen molar-refractivity contribution in [2.45, 2.75) is 33.4 Å². The zero-order valence-corrected chi connectivity index (χ0v) is 14.0. The van der Waals surface area contributed by atoms with E-state index in [1.807, 2.05) is 48.6 Å². The number of hydrogen-bond acceptors (Lipinski definition) is 3. The van der Waals surface area contributed by atoms with E-state index in [1.165, 1.54) is 5.56 Å². The Kier molecular flexibility index (Phi) is 4.48. The zero-order valence-electron chi connectivity index (χ0n) is 14.0. The van der Waals surface area contributed by atoms with Crippen molar-refractivity contribution in [2.75, 3.05) is 19.7 Å². The van der Waals surface area contributed by atoms with Gasteiger partial charge in [0.2, 0.25) is 0 Å². The summed E-state index contributed by atoms with van der Waals surface area (Å²) in [4.78, 5) is 14.7. The summed E-state index contributed by atoms with van der Waals surface area (Å²) < 4.78 is 7.44. The van der Waals surface area contributed by atoms with Gasteiger partial charge in [0.1, 0.15) is 0 Å². The summed E-state index contributed by atoms with van der Waals surface area (Å²) in [7, 11) is 0. The summed E-state index contributed by atoms with van der Waals surface area (Å²) in [5.41, 5.74) is 3.63. The number of aromatic nitrogens is 2. The van der Waals surface area contributed by atoms with Crippen LogP contribution in [0.2, 0.25) is 0 Å². The maximum Gasteiger partial charge on any atom is 0.257 e. The Morgan fingerprint density at radius 2 is 2.04 bits per heavy atom. The fourth-order valence-electron chi connectivity index (χ4n) is 3.08. The van der Waals surface area contributed by atoms with Crippen LogP contribution in [0.1, 0.15) is 34.2 Å². The number of amides is 1. The van der Waals surface area contributed by atoms with Crippen LogP contribution >= 0.6 is 0 Å². The average molecular weight is 313 g/mol. The lowest BCUT2D eigenvalue weighted by atomic mass is 10.1. The number of aryl methyl sites for hydroxylation is 1. The molecule has 122 valence electrons. The van der Waals surface area contributed by atoms with Crippen LogP contribution in [0.3, 0.4) is 0 Å². The second-order valence-electron chi connectivity index (χ2n) is 6.12. The second-order valence-corrected chi connectivity index (χ2v) is 6.12. The van der Waals surface area contributed by atoms with Gasteiger partial charge in [0.15, 0.2) is 0 Å². The molecule has 1 aromatic carbocycles. The number of carbonyl (C=O) groups excluding carboxylic acids is 1. The molecule has 1 aromatic heterocycles. The van der Waals surface area contributed by atoms with Crippen LogP contribution in [0.5, 0.6) is 0 Å². The third kappa shape index (κ3) is 3.29. The van der Waals surface area contributed by atoms with Crippen LogP contribution in [0.25, 0.3) is 0 Å². The molecule has 23 heavy (non-hydrogen) atoms. The monoisotopic (exact) mass is 313 g/mol. The lowest BCUT2D eigenvalue weighted by molar-refractivity contribution is -0.0124. The number of carbonyl (C=O) groups is 1. The van der Waals surface area contributed by atoms with Crippen LogP contribution in [0.4, 0.5) is 0 Å². The van der Waals surface area contributed by atoms with Crippen LogP contribution in [-0.4, -0.2) is 46.4 Å². The molecule has 5 heteroatoms. The number of benzene rings is 1. The van der Waals surface area contributed by atoms with Gasteiger partial charge in [-0.25, -0.2) is 0 Å². The van der Waals surface area contributed by atoms with Crippen molar-refractivity contribution in [3.05, 3.63) is 52.8 Å². The van der Waals surface area contributed by atoms with Gasteiger partial charge in [-0.3, -0.25) is 9.48 Å². The molecular formula is C18H23N3O2. The molecule has 1 saturated heterocycles. The van der Waals surface area contributed by atoms with Crippen molar-refractivity contribution < 1.29 is 9.53 Å². The van der Waals surface area contributed by atoms with Crippen LogP contribution in [0.15, 0.2) is 30.3 Å². The summed E-state index contributed by atoms with van der Waals surface area (Å²) in [6.07, 6.45) is 0.0904. The fraction of sp³-hybridized carbons (Fsp3) is 0.444. The van der Waals surface area contributed by atoms with E-state index in [0.29, 0.717) is 26.2 Å². The molecule has 1 amide bonds. The van der Waals surface area contributed by atoms with E-state index in [9.17, 15) is 4.79 Å². The normalized spacial score (nSPS) is 18.2. The molecule has 1 aliphatic heterocycles. The minimum atomic E-state index is 0.0643. The van der Waals surface area contributed by atoms with E-state index in [4.69, 9.17) is 4.74 Å². The van der Waals surface area contributed by atoms with Crippen LogP contribution in [-0.2, 0) is 11.3 Å². The van der Waals surface area contributed by atoms with Crippen molar-refractivity contribution in [3.63, 3.8) is 0 Å². The van der Waals surface area contributed by atoms with Crippen LogP contribution in [0, 0.1) is 13.8 Å². The zero-order chi connectivity index (χ0) is 16.4. The van der Waals surface area contributed by atoms with Crippen molar-refractivity contribution in [3.8, 4) is 0 Å². The summed E-state index contributed by atoms with van der Waals surface area (Å²) in [6.45, 7) is 8.45. The predicted molar refractivity (Wildman–Crippen MR) is 88.6 cm³/mol. The molecule has 0 spiro atoms. The van der Waals surface area contributed by atoms with Gasteiger partial charge >= 0.3 is 0 Å². The van der Waals surface area contributed by atoms with Gasteiger partial charge in [-0.05, 0) is 26.3 Å². The third-order valence-electron chi connectivity index (χ3n) is 4.30. The summed E-state index contributed by atoms with van der Waals surface area (Å²) in [5, 5.41) is 4.58. The molecule has 5 nitrogen and oxygen atoms in total. The highest BCUT2D eigenvalue weighted by Crippen LogP contribution is 2.18. The first-order valence-electron chi connectivity index (χ1n) is 8.05. The van der Waals surface area contributed by atoms with Crippen molar-refractivity contribution in [1.29, 1.82) is 0 Å². The maximum atomic E-state index is 12.9. The highest BCUT2D eigenvalue weighted by molar-refractivity contribution is 5.96. The number of nitrogens with zero attached hydrogens (tertiary/aromatic N) is 3. The van der Waals surface area contributed by atoms with E-state index in [0.717, 1.165) is 17.0 Å². The van der Waals surface area contributed by atoms with E-state index in [1.54, 1.807) is 0 Å². The van der Waals surface area contributed by atoms with Gasteiger partial charge < -0.3 is 9.64 Å². The summed E-state index contributed by atoms with van der Waals surface area (Å²) in [5.74, 6) is 0.0643. The molecule has 0 aliphatic carbocycles. The molecule has 0 radical (unpaired) electrons. The number of hydrogen-bond donors (Lipinski definition) is 0. The molecule has 2 aromatic rings. The quantitative estimate of drug-likeness (QED) is 0.874. The van der Waals surface area contributed by atoms with Gasteiger partial charge in [0.05, 0.1) is 30.5 Å². The highest BCUT2D eigenvalue weighted by atomic mass is 16.5. The van der Waals surface area contributed by atoms with Gasteiger partial charge in [0.25, 0.3) is 5.91 Å². The Morgan fingerprint density at radius 1 is 1.30 bits per heavy atom. The predicted octanol–water partition coefficient (Wildman–Crippen LogP) is 2.41. The first-order chi connectivity index (χ1) is 11.1. The minimum Gasteiger partial charge on any atom is -0.375 e. The topological polar surface area (TPSA) is 47.4 Å². The largest absolute Gasteiger partial charge is 0.375 e. The molecular weight excluding hydrogens is 290 g/mol. The maximum absolute atomic E-state index is 12.9. The number of ether oxygens (including phenoxy) is 1. The van der Waals surface area contributed by atoms with Crippen LogP contribution < -0.4 is 0 Å². The molecule has 1 fully saturated rings. The van der Waals surface area contributed by atoms with E-state index >= 15 is 0 Å². The molecule has 2 heterocycles. The first-order valence-corrected chi connectivity index (χ1v) is 8.05. The fourth-order valence-corrected chi connectivity index (χ4v) is 3.08. The molecule has 0 bridgehead atoms. The Hall–Kier alpha value is -2.14. The minimum absolute atomic E-state index is 0.0643. The number of morpholine rings is 1. The van der Waals surface area contributed by atoms with E-state index < -0.39 is 0 Å². The van der Waals surface area contributed by atoms with E-state index in [-0.39, 0.29) is 12.0 Å². The Bertz CT molecular complexity index is 694. The van der Waals surface area contributed by atoms with E-state index in [2.05, 4.69) is 17.2 Å². The summed E-state index contributed by atoms with van der Waals surface area (Å²) >= 11 is 0. The highest BCUT2D eigenvalue weighted by Gasteiger charge is 2.27. The molecule has 1 atom stereocenters. The Balaban J connectivity index is 1.84. The number of rotatable bonds is 3. The first kappa shape index (κ1) is 15.7. The lowest BCUT2D eigenvalue weighted by Crippen LogP contribution is -2.44. The Labute approximate surface area is 136 Å². The molecule has 0 saturated carbocycles. The molecule has 1 unspecified atom stereocenters. The van der Waals surface area contributed by atoms with Gasteiger partial charge in [-0.2, -0.15) is 5.10 Å². The Morgan fingerprint density at radius 3 is 2.74 bits per heavy atom. The average Bonchev–Trinajstić information content (AvgIpc) is 2.82. The molecule has 1 aliphatic rings. The third-order valence-corrected chi connectivity index (χ3v) is 4.30. The van der Waals surface area contributed by atoms with Crippen molar-refractivity contribution in [2.24, 2.45) is 0 Å². The van der Waals surface area contributed by atoms with Crippen molar-refractivity contribution >= 4 is 5.91 Å². The van der Waals surface area contributed by atoms with Crippen molar-refractivity contribution in [1.82, 2.24) is 14.7 Å². The van der Waals surface area contributed by atoms with Gasteiger partial charge in [-0.1, -0.05) is 30.3 Å². The van der Waals surface area contributed by atoms with Gasteiger partial charge in [-0.15, -0.1) is 0 Å². The smallest absolute Gasteiger partial charge is 0.257 e. The standard InChI is InChI=1S/C18H23N3O2/c1-13-11-20(9-10-23-13)18(22)17-14(2)19-21(15(17)3)12-16-7-5-4-6-8-16/h4-8,13H,9-12H2,1-3H3. The lowest BCUT2D eigenvalue weighted by Gasteiger charge is -2.31. The summed E-state index contributed by atoms with van der Waals surface area (Å²) in [6, 6.07) is 10.2.